The Labute approximate surface area is 79.5 Å². The van der Waals surface area contributed by atoms with Crippen LogP contribution in [0, 0.1) is 10.8 Å². The molecule has 1 aliphatic rings. The maximum absolute atomic E-state index is 7.51. The van der Waals surface area contributed by atoms with E-state index in [9.17, 15) is 0 Å². The van der Waals surface area contributed by atoms with Crippen molar-refractivity contribution in [3.05, 3.63) is 12.2 Å². The van der Waals surface area contributed by atoms with Crippen molar-refractivity contribution in [2.75, 3.05) is 6.54 Å². The fourth-order valence-corrected chi connectivity index (χ4v) is 1.41. The molecule has 0 aromatic carbocycles. The minimum atomic E-state index is 0.460. The van der Waals surface area contributed by atoms with E-state index in [4.69, 9.17) is 10.8 Å². The second-order valence-corrected chi connectivity index (χ2v) is 3.32. The monoisotopic (exact) mass is 179 g/mol. The largest absolute Gasteiger partial charge is 0.312 e. The van der Waals surface area contributed by atoms with Crippen LogP contribution in [0.1, 0.15) is 32.6 Å². The lowest BCUT2D eigenvalue weighted by Gasteiger charge is -2.17. The van der Waals surface area contributed by atoms with Crippen molar-refractivity contribution in [1.29, 1.82) is 10.8 Å². The van der Waals surface area contributed by atoms with E-state index in [1.807, 2.05) is 0 Å². The van der Waals surface area contributed by atoms with Gasteiger partial charge in [-0.15, -0.1) is 0 Å². The summed E-state index contributed by atoms with van der Waals surface area (Å²) in [7, 11) is 0. The summed E-state index contributed by atoms with van der Waals surface area (Å²) >= 11 is 0. The van der Waals surface area contributed by atoms with Crippen molar-refractivity contribution in [1.82, 2.24) is 4.90 Å². The zero-order valence-electron chi connectivity index (χ0n) is 8.14. The molecule has 1 heterocycles. The van der Waals surface area contributed by atoms with Gasteiger partial charge in [0.1, 0.15) is 11.7 Å². The number of amidine groups is 2. The zero-order chi connectivity index (χ0) is 9.68. The highest BCUT2D eigenvalue weighted by Gasteiger charge is 2.15. The summed E-state index contributed by atoms with van der Waals surface area (Å²) in [5, 5.41) is 15.0. The van der Waals surface area contributed by atoms with Gasteiger partial charge in [-0.05, 0) is 18.6 Å². The summed E-state index contributed by atoms with van der Waals surface area (Å²) in [5.74, 6) is 0.919. The van der Waals surface area contributed by atoms with Crippen LogP contribution < -0.4 is 0 Å². The van der Waals surface area contributed by atoms with Crippen LogP contribution in [0.5, 0.6) is 0 Å². The molecule has 0 aromatic rings. The summed E-state index contributed by atoms with van der Waals surface area (Å²) in [6.07, 6.45) is 8.13. The third-order valence-corrected chi connectivity index (χ3v) is 2.22. The van der Waals surface area contributed by atoms with Gasteiger partial charge in [-0.2, -0.15) is 0 Å². The molecule has 0 aliphatic carbocycles. The molecule has 0 spiro atoms. The molecule has 0 aromatic heterocycles. The Bertz CT molecular complexity index is 212. The van der Waals surface area contributed by atoms with Crippen LogP contribution in [0.4, 0.5) is 0 Å². The summed E-state index contributed by atoms with van der Waals surface area (Å²) in [4.78, 5) is 1.75. The van der Waals surface area contributed by atoms with Crippen molar-refractivity contribution in [2.45, 2.75) is 32.6 Å². The summed E-state index contributed by atoms with van der Waals surface area (Å²) < 4.78 is 0. The van der Waals surface area contributed by atoms with E-state index in [2.05, 4.69) is 6.92 Å². The average molecular weight is 179 g/mol. The standard InChI is InChI=1S/C10H17N3/c1-2-3-4-5-8-13-9(11)6-7-10(13)12/h6-7,11-12H,2-5,8H2,1H3. The lowest BCUT2D eigenvalue weighted by atomic mass is 10.2. The Morgan fingerprint density at radius 3 is 2.23 bits per heavy atom. The molecule has 2 N–H and O–H groups in total. The van der Waals surface area contributed by atoms with Gasteiger partial charge in [0.15, 0.2) is 0 Å². The zero-order valence-corrected chi connectivity index (χ0v) is 8.14. The first-order valence-corrected chi connectivity index (χ1v) is 4.88. The number of nitrogens with zero attached hydrogens (tertiary/aromatic N) is 1. The van der Waals surface area contributed by atoms with E-state index in [0.717, 1.165) is 13.0 Å². The molecule has 0 radical (unpaired) electrons. The van der Waals surface area contributed by atoms with Crippen LogP contribution in [0.2, 0.25) is 0 Å². The Balaban J connectivity index is 2.22. The van der Waals surface area contributed by atoms with Gasteiger partial charge >= 0.3 is 0 Å². The van der Waals surface area contributed by atoms with Crippen molar-refractivity contribution in [3.63, 3.8) is 0 Å². The molecular formula is C10H17N3. The van der Waals surface area contributed by atoms with Crippen molar-refractivity contribution in [2.24, 2.45) is 0 Å². The summed E-state index contributed by atoms with van der Waals surface area (Å²) in [6, 6.07) is 0. The van der Waals surface area contributed by atoms with Crippen molar-refractivity contribution in [3.8, 4) is 0 Å². The smallest absolute Gasteiger partial charge is 0.126 e. The van der Waals surface area contributed by atoms with Crippen molar-refractivity contribution >= 4 is 11.7 Å². The molecule has 72 valence electrons. The number of unbranched alkanes of at least 4 members (excludes halogenated alkanes) is 3. The maximum Gasteiger partial charge on any atom is 0.126 e. The molecule has 0 saturated heterocycles. The van der Waals surface area contributed by atoms with Crippen LogP contribution in [-0.2, 0) is 0 Å². The van der Waals surface area contributed by atoms with Crippen LogP contribution in [0.15, 0.2) is 12.2 Å². The molecule has 1 rings (SSSR count). The highest BCUT2D eigenvalue weighted by Crippen LogP contribution is 2.07. The van der Waals surface area contributed by atoms with Gasteiger partial charge in [-0.1, -0.05) is 26.2 Å². The van der Waals surface area contributed by atoms with Crippen LogP contribution >= 0.6 is 0 Å². The van der Waals surface area contributed by atoms with Gasteiger partial charge in [0.25, 0.3) is 0 Å². The number of hydrogen-bond donors (Lipinski definition) is 2. The summed E-state index contributed by atoms with van der Waals surface area (Å²) in [5.41, 5.74) is 0. The fraction of sp³-hybridized carbons (Fsp3) is 0.600. The normalized spacial score (nSPS) is 15.9. The Morgan fingerprint density at radius 2 is 1.69 bits per heavy atom. The molecule has 0 fully saturated rings. The van der Waals surface area contributed by atoms with E-state index in [-0.39, 0.29) is 0 Å². The van der Waals surface area contributed by atoms with Gasteiger partial charge < -0.3 is 4.90 Å². The Morgan fingerprint density at radius 1 is 1.08 bits per heavy atom. The molecule has 3 heteroatoms. The highest BCUT2D eigenvalue weighted by molar-refractivity contribution is 6.15. The Hall–Kier alpha value is -1.12. The minimum Gasteiger partial charge on any atom is -0.312 e. The molecule has 0 bridgehead atoms. The molecular weight excluding hydrogens is 162 g/mol. The SMILES string of the molecule is CCCCCCN1C(=N)C=CC1=N. The molecule has 1 aliphatic heterocycles. The molecule has 3 nitrogen and oxygen atoms in total. The third-order valence-electron chi connectivity index (χ3n) is 2.22. The molecule has 0 unspecified atom stereocenters. The number of hydrogen-bond acceptors (Lipinski definition) is 2. The van der Waals surface area contributed by atoms with Crippen molar-refractivity contribution < 1.29 is 0 Å². The van der Waals surface area contributed by atoms with E-state index in [1.54, 1.807) is 17.1 Å². The van der Waals surface area contributed by atoms with Gasteiger partial charge in [0, 0.05) is 6.54 Å². The van der Waals surface area contributed by atoms with Crippen LogP contribution in [0.25, 0.3) is 0 Å². The Kier molecular flexibility index (Phi) is 3.68. The highest BCUT2D eigenvalue weighted by atomic mass is 15.2. The summed E-state index contributed by atoms with van der Waals surface area (Å²) in [6.45, 7) is 3.01. The lowest BCUT2D eigenvalue weighted by molar-refractivity contribution is 0.545. The first-order chi connectivity index (χ1) is 6.25. The number of rotatable bonds is 5. The fourth-order valence-electron chi connectivity index (χ4n) is 1.41. The lowest BCUT2D eigenvalue weighted by Crippen LogP contribution is -2.29. The second kappa shape index (κ2) is 4.80. The average Bonchev–Trinajstić information content (AvgIpc) is 2.42. The van der Waals surface area contributed by atoms with E-state index in [1.165, 1.54) is 19.3 Å². The maximum atomic E-state index is 7.51. The van der Waals surface area contributed by atoms with Gasteiger partial charge in [0.05, 0.1) is 0 Å². The molecule has 13 heavy (non-hydrogen) atoms. The van der Waals surface area contributed by atoms with Gasteiger partial charge in [-0.25, -0.2) is 0 Å². The first-order valence-electron chi connectivity index (χ1n) is 4.88. The van der Waals surface area contributed by atoms with Crippen LogP contribution in [0.3, 0.4) is 0 Å². The molecule has 0 atom stereocenters. The van der Waals surface area contributed by atoms with E-state index >= 15 is 0 Å². The van der Waals surface area contributed by atoms with E-state index in [0.29, 0.717) is 11.7 Å². The van der Waals surface area contributed by atoms with Gasteiger partial charge in [0.2, 0.25) is 0 Å². The molecule has 0 amide bonds. The van der Waals surface area contributed by atoms with Gasteiger partial charge in [-0.3, -0.25) is 10.8 Å². The number of nitrogens with one attached hydrogen (secondary N) is 2. The molecule has 0 saturated carbocycles. The van der Waals surface area contributed by atoms with E-state index < -0.39 is 0 Å². The second-order valence-electron chi connectivity index (χ2n) is 3.32. The predicted octanol–water partition coefficient (Wildman–Crippen LogP) is 2.39. The first kappa shape index (κ1) is 9.96. The third kappa shape index (κ3) is 2.68. The predicted molar refractivity (Wildman–Crippen MR) is 55.4 cm³/mol. The minimum absolute atomic E-state index is 0.460. The topological polar surface area (TPSA) is 50.9 Å². The van der Waals surface area contributed by atoms with Crippen LogP contribution in [-0.4, -0.2) is 23.1 Å². The quantitative estimate of drug-likeness (QED) is 0.625.